The highest BCUT2D eigenvalue weighted by Crippen LogP contribution is 2.33. The lowest BCUT2D eigenvalue weighted by molar-refractivity contribution is -0.139. The van der Waals surface area contributed by atoms with Crippen molar-refractivity contribution in [2.75, 3.05) is 22.9 Å². The molecule has 3 aromatic carbocycles. The lowest BCUT2D eigenvalue weighted by Crippen LogP contribution is -2.54. The highest BCUT2D eigenvalue weighted by molar-refractivity contribution is 6.10. The summed E-state index contributed by atoms with van der Waals surface area (Å²) in [6.07, 6.45) is 0.827. The molecule has 0 spiro atoms. The number of para-hydroxylation sites is 2. The molecule has 228 valence electrons. The van der Waals surface area contributed by atoms with E-state index in [1.807, 2.05) is 60.7 Å². The number of aryl methyl sites for hydroxylation is 2. The van der Waals surface area contributed by atoms with Crippen molar-refractivity contribution >= 4 is 47.3 Å². The van der Waals surface area contributed by atoms with Crippen LogP contribution >= 0.6 is 0 Å². The number of anilines is 2. The Kier molecular flexibility index (Phi) is 10.9. The molecule has 0 saturated heterocycles. The second kappa shape index (κ2) is 15.2. The third-order valence-corrected chi connectivity index (χ3v) is 7.19. The Morgan fingerprint density at radius 3 is 1.98 bits per heavy atom. The molecule has 1 aliphatic rings. The molecule has 1 heterocycles. The summed E-state index contributed by atoms with van der Waals surface area (Å²) >= 11 is 0. The number of amides is 4. The Morgan fingerprint density at radius 2 is 1.39 bits per heavy atom. The maximum Gasteiger partial charge on any atom is 0.305 e. The van der Waals surface area contributed by atoms with Crippen LogP contribution in [0.1, 0.15) is 30.4 Å². The highest BCUT2D eigenvalue weighted by atomic mass is 16.4. The predicted octanol–water partition coefficient (Wildman–Crippen LogP) is 2.28. The number of nitrogens with zero attached hydrogens (tertiary/aromatic N) is 2. The van der Waals surface area contributed by atoms with Gasteiger partial charge in [0.1, 0.15) is 18.9 Å². The number of carboxylic acids is 1. The Morgan fingerprint density at radius 1 is 0.818 bits per heavy atom. The number of nitrogens with one attached hydrogen (secondary N) is 2. The Bertz CT molecular complexity index is 1500. The number of benzene rings is 3. The molecule has 0 unspecified atom stereocenters. The Balaban J connectivity index is 1.60. The molecule has 4 amide bonds. The van der Waals surface area contributed by atoms with E-state index in [-0.39, 0.29) is 31.0 Å². The number of hydrogen-bond acceptors (Lipinski definition) is 6. The summed E-state index contributed by atoms with van der Waals surface area (Å²) in [6.45, 7) is -0.725. The number of carboxylic acid groups (broad SMARTS) is 1. The molecular weight excluding hydrogens is 564 g/mol. The minimum absolute atomic E-state index is 0.0966. The van der Waals surface area contributed by atoms with Crippen molar-refractivity contribution in [2.45, 2.75) is 44.2 Å². The van der Waals surface area contributed by atoms with Gasteiger partial charge in [-0.25, -0.2) is 0 Å². The van der Waals surface area contributed by atoms with Crippen molar-refractivity contribution in [3.8, 4) is 0 Å². The van der Waals surface area contributed by atoms with Gasteiger partial charge in [-0.15, -0.1) is 0 Å². The molecule has 11 heteroatoms. The van der Waals surface area contributed by atoms with Crippen molar-refractivity contribution in [2.24, 2.45) is 0 Å². The maximum absolute atomic E-state index is 14.0. The Labute approximate surface area is 254 Å². The number of carbonyl (C=O) groups excluding carboxylic acids is 5. The van der Waals surface area contributed by atoms with Crippen LogP contribution in [0.5, 0.6) is 0 Å². The smallest absolute Gasteiger partial charge is 0.305 e. The topological polar surface area (TPSA) is 153 Å². The van der Waals surface area contributed by atoms with E-state index in [0.29, 0.717) is 24.8 Å². The second-order valence-electron chi connectivity index (χ2n) is 10.4. The summed E-state index contributed by atoms with van der Waals surface area (Å²) in [7, 11) is 0. The van der Waals surface area contributed by atoms with E-state index in [9.17, 15) is 28.8 Å². The minimum atomic E-state index is -1.29. The van der Waals surface area contributed by atoms with Crippen molar-refractivity contribution in [1.29, 1.82) is 0 Å². The minimum Gasteiger partial charge on any atom is -0.481 e. The van der Waals surface area contributed by atoms with Gasteiger partial charge in [0, 0.05) is 12.8 Å². The van der Waals surface area contributed by atoms with Gasteiger partial charge in [0.05, 0.1) is 30.4 Å². The van der Waals surface area contributed by atoms with Crippen LogP contribution in [0.15, 0.2) is 84.9 Å². The van der Waals surface area contributed by atoms with Gasteiger partial charge >= 0.3 is 5.97 Å². The Hall–Kier alpha value is -5.32. The van der Waals surface area contributed by atoms with E-state index in [0.717, 1.165) is 16.0 Å². The van der Waals surface area contributed by atoms with Crippen LogP contribution in [0, 0.1) is 0 Å². The first-order valence-electron chi connectivity index (χ1n) is 14.3. The SMILES string of the molecule is O=C[C@H](CC(=O)O)NC(=O)CN1C(=O)[C@@H](NC(=O)CCc2ccccc2)CN(C(=O)CCc2ccccc2)c2ccccc21. The summed E-state index contributed by atoms with van der Waals surface area (Å²) in [4.78, 5) is 78.7. The van der Waals surface area contributed by atoms with Crippen LogP contribution in [-0.2, 0) is 41.6 Å². The average Bonchev–Trinajstić information content (AvgIpc) is 3.14. The maximum atomic E-state index is 14.0. The summed E-state index contributed by atoms with van der Waals surface area (Å²) in [5.74, 6) is -3.35. The first-order chi connectivity index (χ1) is 21.2. The van der Waals surface area contributed by atoms with Gasteiger partial charge in [-0.3, -0.25) is 28.9 Å². The largest absolute Gasteiger partial charge is 0.481 e. The molecule has 2 atom stereocenters. The molecule has 0 saturated carbocycles. The van der Waals surface area contributed by atoms with Gasteiger partial charge in [0.2, 0.25) is 17.7 Å². The monoisotopic (exact) mass is 598 g/mol. The van der Waals surface area contributed by atoms with Gasteiger partial charge in [0.15, 0.2) is 0 Å². The third kappa shape index (κ3) is 8.60. The zero-order valence-electron chi connectivity index (χ0n) is 24.1. The molecule has 0 bridgehead atoms. The van der Waals surface area contributed by atoms with Crippen LogP contribution in [-0.4, -0.2) is 66.2 Å². The number of rotatable bonds is 13. The molecule has 11 nitrogen and oxygen atoms in total. The van der Waals surface area contributed by atoms with Crippen LogP contribution in [0.25, 0.3) is 0 Å². The fraction of sp³-hybridized carbons (Fsp3) is 0.273. The molecule has 0 aromatic heterocycles. The standard InChI is InChI=1S/C33H34N4O7/c38-22-25(19-32(42)43)34-30(40)21-37-28-14-8-7-13-27(28)36(31(41)18-16-24-11-5-2-6-12-24)20-26(33(37)44)35-29(39)17-15-23-9-3-1-4-10-23/h1-14,22,25-26H,15-21H2,(H,34,40)(H,35,39)(H,42,43)/t25-,26-/m0/s1. The van der Waals surface area contributed by atoms with E-state index in [1.165, 1.54) is 4.90 Å². The summed E-state index contributed by atoms with van der Waals surface area (Å²) in [6, 6.07) is 23.0. The fourth-order valence-corrected chi connectivity index (χ4v) is 5.01. The molecular formula is C33H34N4O7. The lowest BCUT2D eigenvalue weighted by atomic mass is 10.1. The number of aliphatic carboxylic acids is 1. The molecule has 3 N–H and O–H groups in total. The van der Waals surface area contributed by atoms with Gasteiger partial charge in [-0.2, -0.15) is 0 Å². The van der Waals surface area contributed by atoms with Crippen molar-refractivity contribution in [1.82, 2.24) is 10.6 Å². The summed E-state index contributed by atoms with van der Waals surface area (Å²) in [5, 5.41) is 14.1. The lowest BCUT2D eigenvalue weighted by Gasteiger charge is -2.25. The highest BCUT2D eigenvalue weighted by Gasteiger charge is 2.37. The van der Waals surface area contributed by atoms with E-state index < -0.39 is 48.7 Å². The molecule has 1 aliphatic heterocycles. The number of carbonyl (C=O) groups is 6. The van der Waals surface area contributed by atoms with Crippen molar-refractivity contribution in [3.05, 3.63) is 96.1 Å². The number of hydrogen-bond donors (Lipinski definition) is 3. The zero-order valence-corrected chi connectivity index (χ0v) is 24.1. The third-order valence-electron chi connectivity index (χ3n) is 7.19. The number of fused-ring (bicyclic) bond motifs is 1. The van der Waals surface area contributed by atoms with Crippen LogP contribution in [0.4, 0.5) is 11.4 Å². The number of aldehydes is 1. The fourth-order valence-electron chi connectivity index (χ4n) is 5.01. The average molecular weight is 599 g/mol. The van der Waals surface area contributed by atoms with Gasteiger partial charge < -0.3 is 25.4 Å². The van der Waals surface area contributed by atoms with E-state index in [1.54, 1.807) is 24.3 Å². The molecule has 0 aliphatic carbocycles. The van der Waals surface area contributed by atoms with Crippen LogP contribution < -0.4 is 20.4 Å². The van der Waals surface area contributed by atoms with Crippen LogP contribution in [0.3, 0.4) is 0 Å². The van der Waals surface area contributed by atoms with E-state index in [4.69, 9.17) is 5.11 Å². The first-order valence-corrected chi connectivity index (χ1v) is 14.3. The van der Waals surface area contributed by atoms with Crippen molar-refractivity contribution in [3.63, 3.8) is 0 Å². The van der Waals surface area contributed by atoms with Gasteiger partial charge in [-0.05, 0) is 36.1 Å². The molecule has 0 fully saturated rings. The summed E-state index contributed by atoms with van der Waals surface area (Å²) in [5.41, 5.74) is 2.56. The zero-order chi connectivity index (χ0) is 31.5. The normalized spacial score (nSPS) is 15.0. The molecule has 4 rings (SSSR count). The van der Waals surface area contributed by atoms with E-state index >= 15 is 0 Å². The van der Waals surface area contributed by atoms with Crippen molar-refractivity contribution < 1.29 is 33.9 Å². The first kappa shape index (κ1) is 31.6. The van der Waals surface area contributed by atoms with Crippen LogP contribution in [0.2, 0.25) is 0 Å². The second-order valence-corrected chi connectivity index (χ2v) is 10.4. The quantitative estimate of drug-likeness (QED) is 0.255. The van der Waals surface area contributed by atoms with E-state index in [2.05, 4.69) is 10.6 Å². The van der Waals surface area contributed by atoms with Gasteiger partial charge in [-0.1, -0.05) is 72.8 Å². The summed E-state index contributed by atoms with van der Waals surface area (Å²) < 4.78 is 0. The molecule has 44 heavy (non-hydrogen) atoms. The molecule has 0 radical (unpaired) electrons. The molecule has 3 aromatic rings. The van der Waals surface area contributed by atoms with Gasteiger partial charge in [0.25, 0.3) is 5.91 Å². The predicted molar refractivity (Wildman–Crippen MR) is 163 cm³/mol.